The topological polar surface area (TPSA) is 80.8 Å². The maximum atomic E-state index is 13.2. The van der Waals surface area contributed by atoms with E-state index in [1.54, 1.807) is 12.1 Å². The molecule has 1 aromatic heterocycles. The molecular weight excluding hydrogens is 458 g/mol. The van der Waals surface area contributed by atoms with Crippen LogP contribution < -0.4 is 14.2 Å². The van der Waals surface area contributed by atoms with Crippen LogP contribution in [-0.4, -0.2) is 106 Å². The van der Waals surface area contributed by atoms with Crippen LogP contribution in [0, 0.1) is 0 Å². The Morgan fingerprint density at radius 1 is 0.971 bits per heavy atom. The number of thiophene rings is 1. The molecule has 0 aliphatic carbocycles. The van der Waals surface area contributed by atoms with Crippen molar-refractivity contribution in [2.75, 3.05) is 73.7 Å². The van der Waals surface area contributed by atoms with Crippen LogP contribution in [0.25, 0.3) is 0 Å². The molecule has 34 heavy (non-hydrogen) atoms. The van der Waals surface area contributed by atoms with Gasteiger partial charge in [0.25, 0.3) is 11.8 Å². The van der Waals surface area contributed by atoms with Crippen LogP contribution in [0.15, 0.2) is 29.6 Å². The quantitative estimate of drug-likeness (QED) is 0.589. The zero-order chi connectivity index (χ0) is 24.1. The standard InChI is InChI=1S/C24H31N3O6S/c1-30-19-13-17(14-20(31-2)22(19)32-3)23(28)26-8-6-25(7-9-26)15-18-16-27(10-11-33-18)24(29)21-5-4-12-34-21/h4-5,12-14,18H,6-11,15-16H2,1-3H3/t18-/m0/s1. The highest BCUT2D eigenvalue weighted by atomic mass is 32.1. The minimum atomic E-state index is -0.0689. The molecule has 2 aliphatic heterocycles. The van der Waals surface area contributed by atoms with E-state index in [-0.39, 0.29) is 17.9 Å². The van der Waals surface area contributed by atoms with Crippen LogP contribution >= 0.6 is 11.3 Å². The highest BCUT2D eigenvalue weighted by Crippen LogP contribution is 2.38. The molecule has 2 aliphatic rings. The predicted octanol–water partition coefficient (Wildman–Crippen LogP) is 2.07. The molecule has 2 saturated heterocycles. The van der Waals surface area contributed by atoms with Crippen LogP contribution in [0.1, 0.15) is 20.0 Å². The van der Waals surface area contributed by atoms with Crippen LogP contribution in [0.4, 0.5) is 0 Å². The zero-order valence-corrected chi connectivity index (χ0v) is 20.6. The van der Waals surface area contributed by atoms with E-state index >= 15 is 0 Å². The van der Waals surface area contributed by atoms with E-state index in [0.717, 1.165) is 24.5 Å². The smallest absolute Gasteiger partial charge is 0.264 e. The number of rotatable bonds is 7. The number of piperazine rings is 1. The third-order valence-electron chi connectivity index (χ3n) is 6.19. The number of methoxy groups -OCH3 is 3. The third-order valence-corrected chi connectivity index (χ3v) is 7.05. The van der Waals surface area contributed by atoms with Gasteiger partial charge >= 0.3 is 0 Å². The van der Waals surface area contributed by atoms with Gasteiger partial charge in [0.15, 0.2) is 11.5 Å². The summed E-state index contributed by atoms with van der Waals surface area (Å²) in [5.74, 6) is 1.38. The lowest BCUT2D eigenvalue weighted by atomic mass is 10.1. The van der Waals surface area contributed by atoms with Gasteiger partial charge in [0.2, 0.25) is 5.75 Å². The number of carbonyl (C=O) groups is 2. The first-order valence-corrected chi connectivity index (χ1v) is 12.2. The van der Waals surface area contributed by atoms with Gasteiger partial charge in [-0.2, -0.15) is 0 Å². The number of hydrogen-bond donors (Lipinski definition) is 0. The van der Waals surface area contributed by atoms with Crippen molar-refractivity contribution in [1.29, 1.82) is 0 Å². The summed E-state index contributed by atoms with van der Waals surface area (Å²) in [6.07, 6.45) is -0.0324. The highest BCUT2D eigenvalue weighted by molar-refractivity contribution is 7.12. The molecule has 0 saturated carbocycles. The number of hydrogen-bond acceptors (Lipinski definition) is 8. The van der Waals surface area contributed by atoms with Crippen LogP contribution in [0.3, 0.4) is 0 Å². The van der Waals surface area contributed by atoms with Crippen molar-refractivity contribution in [2.45, 2.75) is 6.10 Å². The normalized spacial score (nSPS) is 19.1. The van der Waals surface area contributed by atoms with E-state index in [0.29, 0.717) is 55.6 Å². The van der Waals surface area contributed by atoms with Crippen molar-refractivity contribution in [3.63, 3.8) is 0 Å². The Kier molecular flexibility index (Phi) is 7.91. The Morgan fingerprint density at radius 3 is 2.26 bits per heavy atom. The Balaban J connectivity index is 1.32. The van der Waals surface area contributed by atoms with E-state index in [9.17, 15) is 9.59 Å². The van der Waals surface area contributed by atoms with Crippen molar-refractivity contribution in [2.24, 2.45) is 0 Å². The molecule has 0 N–H and O–H groups in total. The minimum Gasteiger partial charge on any atom is -0.493 e. The van der Waals surface area contributed by atoms with E-state index < -0.39 is 0 Å². The molecule has 0 radical (unpaired) electrons. The van der Waals surface area contributed by atoms with Crippen molar-refractivity contribution < 1.29 is 28.5 Å². The van der Waals surface area contributed by atoms with Crippen molar-refractivity contribution >= 4 is 23.2 Å². The third kappa shape index (κ3) is 5.29. The summed E-state index contributed by atoms with van der Waals surface area (Å²) in [5.41, 5.74) is 0.501. The molecule has 1 aromatic carbocycles. The van der Waals surface area contributed by atoms with Gasteiger partial charge in [-0.25, -0.2) is 0 Å². The monoisotopic (exact) mass is 489 g/mol. The molecule has 4 rings (SSSR count). The van der Waals surface area contributed by atoms with Gasteiger partial charge in [-0.15, -0.1) is 11.3 Å². The number of carbonyl (C=O) groups excluding carboxylic acids is 2. The van der Waals surface area contributed by atoms with Gasteiger partial charge < -0.3 is 28.7 Å². The molecule has 2 fully saturated rings. The first-order chi connectivity index (χ1) is 16.5. The summed E-state index contributed by atoms with van der Waals surface area (Å²) in [7, 11) is 4.61. The second kappa shape index (κ2) is 11.1. The van der Waals surface area contributed by atoms with Gasteiger partial charge in [-0.3, -0.25) is 14.5 Å². The molecule has 10 heteroatoms. The van der Waals surface area contributed by atoms with E-state index in [2.05, 4.69) is 4.90 Å². The summed E-state index contributed by atoms with van der Waals surface area (Å²) in [4.78, 5) is 32.6. The number of morpholine rings is 1. The Bertz CT molecular complexity index is 966. The molecule has 0 spiro atoms. The Morgan fingerprint density at radius 2 is 1.68 bits per heavy atom. The molecule has 2 amide bonds. The molecule has 184 valence electrons. The van der Waals surface area contributed by atoms with Gasteiger partial charge in [0.05, 0.1) is 38.9 Å². The molecule has 2 aromatic rings. The average Bonchev–Trinajstić information content (AvgIpc) is 3.42. The summed E-state index contributed by atoms with van der Waals surface area (Å²) in [6.45, 7) is 5.19. The Hall–Kier alpha value is -2.82. The molecule has 0 unspecified atom stereocenters. The number of ether oxygens (including phenoxy) is 4. The van der Waals surface area contributed by atoms with Crippen LogP contribution in [0.5, 0.6) is 17.2 Å². The summed E-state index contributed by atoms with van der Waals surface area (Å²) < 4.78 is 22.1. The maximum absolute atomic E-state index is 13.2. The molecule has 0 bridgehead atoms. The molecule has 1 atom stereocenters. The van der Waals surface area contributed by atoms with E-state index in [1.807, 2.05) is 27.3 Å². The average molecular weight is 490 g/mol. The number of benzene rings is 1. The fourth-order valence-corrected chi connectivity index (χ4v) is 5.07. The summed E-state index contributed by atoms with van der Waals surface area (Å²) in [5, 5.41) is 1.92. The molecular formula is C24H31N3O6S. The maximum Gasteiger partial charge on any atom is 0.264 e. The number of nitrogens with zero attached hydrogens (tertiary/aromatic N) is 3. The summed E-state index contributed by atoms with van der Waals surface area (Å²) in [6, 6.07) is 7.13. The van der Waals surface area contributed by atoms with Gasteiger partial charge in [0, 0.05) is 51.4 Å². The summed E-state index contributed by atoms with van der Waals surface area (Å²) >= 11 is 1.47. The van der Waals surface area contributed by atoms with E-state index in [4.69, 9.17) is 18.9 Å². The van der Waals surface area contributed by atoms with Crippen LogP contribution in [0.2, 0.25) is 0 Å². The Labute approximate surface area is 203 Å². The van der Waals surface area contributed by atoms with Gasteiger partial charge in [0.1, 0.15) is 0 Å². The lowest BCUT2D eigenvalue weighted by Gasteiger charge is -2.39. The molecule has 3 heterocycles. The van der Waals surface area contributed by atoms with Crippen molar-refractivity contribution in [1.82, 2.24) is 14.7 Å². The van der Waals surface area contributed by atoms with Crippen molar-refractivity contribution in [3.05, 3.63) is 40.1 Å². The highest BCUT2D eigenvalue weighted by Gasteiger charge is 2.29. The van der Waals surface area contributed by atoms with Gasteiger partial charge in [-0.1, -0.05) is 6.07 Å². The largest absolute Gasteiger partial charge is 0.493 e. The fourth-order valence-electron chi connectivity index (χ4n) is 4.38. The second-order valence-electron chi connectivity index (χ2n) is 8.23. The first-order valence-electron chi connectivity index (χ1n) is 11.3. The predicted molar refractivity (Wildman–Crippen MR) is 128 cm³/mol. The molecule has 9 nitrogen and oxygen atoms in total. The second-order valence-corrected chi connectivity index (χ2v) is 9.18. The van der Waals surface area contributed by atoms with Crippen LogP contribution in [-0.2, 0) is 4.74 Å². The van der Waals surface area contributed by atoms with Crippen molar-refractivity contribution in [3.8, 4) is 17.2 Å². The lowest BCUT2D eigenvalue weighted by Crippen LogP contribution is -2.54. The first kappa shape index (κ1) is 24.3. The lowest BCUT2D eigenvalue weighted by molar-refractivity contribution is -0.0398. The SMILES string of the molecule is COc1cc(C(=O)N2CCN(C[C@H]3CN(C(=O)c4cccs4)CCO3)CC2)cc(OC)c1OC. The zero-order valence-electron chi connectivity index (χ0n) is 19.8. The van der Waals surface area contributed by atoms with E-state index in [1.165, 1.54) is 32.7 Å². The number of amides is 2. The van der Waals surface area contributed by atoms with Gasteiger partial charge in [-0.05, 0) is 23.6 Å². The minimum absolute atomic E-state index is 0.0324. The fraction of sp³-hybridized carbons (Fsp3) is 0.500.